The van der Waals surface area contributed by atoms with E-state index in [0.717, 1.165) is 36.2 Å². The Morgan fingerprint density at radius 2 is 2.12 bits per heavy atom. The minimum atomic E-state index is 0.587. The molecule has 142 valence electrons. The van der Waals surface area contributed by atoms with Gasteiger partial charge in [0.25, 0.3) is 0 Å². The van der Waals surface area contributed by atoms with E-state index in [4.69, 9.17) is 4.74 Å². The molecule has 0 radical (unpaired) electrons. The lowest BCUT2D eigenvalue weighted by atomic mass is 10.2. The van der Waals surface area contributed by atoms with Gasteiger partial charge in [-0.05, 0) is 24.5 Å². The summed E-state index contributed by atoms with van der Waals surface area (Å²) in [5.74, 6) is 3.37. The van der Waals surface area contributed by atoms with Crippen molar-refractivity contribution in [3.8, 4) is 5.75 Å². The first-order valence-electron chi connectivity index (χ1n) is 9.11. The Morgan fingerprint density at radius 3 is 2.81 bits per heavy atom. The number of para-hydroxylation sites is 1. The van der Waals surface area contributed by atoms with Gasteiger partial charge in [-0.25, -0.2) is 4.98 Å². The number of aromatic nitrogens is 2. The molecule has 1 heterocycles. The molecule has 0 bridgehead atoms. The van der Waals surface area contributed by atoms with Gasteiger partial charge in [-0.3, -0.25) is 4.99 Å². The molecule has 6 heteroatoms. The minimum Gasteiger partial charge on any atom is -0.491 e. The number of guanidine groups is 1. The number of hydrogen-bond acceptors (Lipinski definition) is 3. The van der Waals surface area contributed by atoms with Crippen molar-refractivity contribution in [1.29, 1.82) is 0 Å². The lowest BCUT2D eigenvalue weighted by Gasteiger charge is -2.22. The van der Waals surface area contributed by atoms with Crippen molar-refractivity contribution in [3.63, 3.8) is 0 Å². The predicted molar refractivity (Wildman–Crippen MR) is 107 cm³/mol. The van der Waals surface area contributed by atoms with Crippen LogP contribution in [0.15, 0.2) is 41.7 Å². The van der Waals surface area contributed by atoms with E-state index in [9.17, 15) is 0 Å². The van der Waals surface area contributed by atoms with Gasteiger partial charge >= 0.3 is 0 Å². The number of hydrogen-bond donors (Lipinski definition) is 1. The van der Waals surface area contributed by atoms with Crippen molar-refractivity contribution in [2.24, 2.45) is 10.9 Å². The first-order valence-corrected chi connectivity index (χ1v) is 9.11. The third-order valence-corrected chi connectivity index (χ3v) is 4.12. The fourth-order valence-electron chi connectivity index (χ4n) is 2.73. The highest BCUT2D eigenvalue weighted by Crippen LogP contribution is 2.15. The Bertz CT molecular complexity index is 708. The molecule has 1 N–H and O–H groups in total. The second-order valence-corrected chi connectivity index (χ2v) is 6.83. The van der Waals surface area contributed by atoms with E-state index in [1.54, 1.807) is 7.05 Å². The summed E-state index contributed by atoms with van der Waals surface area (Å²) in [7, 11) is 3.80. The molecular weight excluding hydrogens is 326 g/mol. The summed E-state index contributed by atoms with van der Waals surface area (Å²) in [6, 6.07) is 8.06. The Labute approximate surface area is 156 Å². The molecule has 0 unspecified atom stereocenters. The zero-order valence-corrected chi connectivity index (χ0v) is 16.6. The maximum atomic E-state index is 5.87. The number of imidazole rings is 1. The van der Waals surface area contributed by atoms with Crippen LogP contribution in [0.1, 0.15) is 25.2 Å². The number of likely N-dealkylation sites (N-methyl/N-ethyl adjacent to an activating group) is 1. The molecule has 0 aliphatic heterocycles. The van der Waals surface area contributed by atoms with E-state index < -0.39 is 0 Å². The quantitative estimate of drug-likeness (QED) is 0.583. The fourth-order valence-corrected chi connectivity index (χ4v) is 2.73. The second kappa shape index (κ2) is 9.85. The molecule has 0 fully saturated rings. The molecule has 0 amide bonds. The fraction of sp³-hybridized carbons (Fsp3) is 0.500. The number of nitrogens with zero attached hydrogens (tertiary/aromatic N) is 4. The van der Waals surface area contributed by atoms with Crippen LogP contribution >= 0.6 is 0 Å². The van der Waals surface area contributed by atoms with Crippen LogP contribution in [0.3, 0.4) is 0 Å². The topological polar surface area (TPSA) is 54.7 Å². The van der Waals surface area contributed by atoms with Gasteiger partial charge in [-0.1, -0.05) is 32.0 Å². The van der Waals surface area contributed by atoms with Gasteiger partial charge in [0, 0.05) is 33.0 Å². The average molecular weight is 358 g/mol. The highest BCUT2D eigenvalue weighted by Gasteiger charge is 2.09. The molecule has 0 spiro atoms. The minimum absolute atomic E-state index is 0.587. The molecule has 0 saturated carbocycles. The monoisotopic (exact) mass is 357 g/mol. The van der Waals surface area contributed by atoms with Crippen LogP contribution in [-0.4, -0.2) is 47.7 Å². The molecule has 1 aromatic heterocycles. The molecule has 0 aliphatic rings. The van der Waals surface area contributed by atoms with Crippen molar-refractivity contribution >= 4 is 5.96 Å². The highest BCUT2D eigenvalue weighted by molar-refractivity contribution is 5.79. The SMILES string of the molecule is CN=C(NCc1nccn1CC(C)C)N(C)CCOc1ccccc1C. The molecule has 26 heavy (non-hydrogen) atoms. The van der Waals surface area contributed by atoms with Crippen LogP contribution in [0.25, 0.3) is 0 Å². The summed E-state index contributed by atoms with van der Waals surface area (Å²) in [4.78, 5) is 10.9. The summed E-state index contributed by atoms with van der Waals surface area (Å²) in [5, 5.41) is 3.38. The van der Waals surface area contributed by atoms with Gasteiger partial charge in [0.15, 0.2) is 5.96 Å². The van der Waals surface area contributed by atoms with E-state index in [-0.39, 0.29) is 0 Å². The third-order valence-electron chi connectivity index (χ3n) is 4.12. The Morgan fingerprint density at radius 1 is 1.35 bits per heavy atom. The molecule has 1 aromatic carbocycles. The summed E-state index contributed by atoms with van der Waals surface area (Å²) in [6.07, 6.45) is 3.88. The number of nitrogens with one attached hydrogen (secondary N) is 1. The smallest absolute Gasteiger partial charge is 0.193 e. The first kappa shape index (κ1) is 19.8. The van der Waals surface area contributed by atoms with Crippen molar-refractivity contribution in [2.75, 3.05) is 27.2 Å². The summed E-state index contributed by atoms with van der Waals surface area (Å²) in [6.45, 7) is 9.43. The summed E-state index contributed by atoms with van der Waals surface area (Å²) in [5.41, 5.74) is 1.15. The van der Waals surface area contributed by atoms with Crippen LogP contribution in [0, 0.1) is 12.8 Å². The van der Waals surface area contributed by atoms with Crippen molar-refractivity contribution in [1.82, 2.24) is 19.8 Å². The molecular formula is C20H31N5O. The Hall–Kier alpha value is -2.50. The summed E-state index contributed by atoms with van der Waals surface area (Å²) < 4.78 is 8.06. The number of rotatable bonds is 8. The lowest BCUT2D eigenvalue weighted by molar-refractivity contribution is 0.279. The summed E-state index contributed by atoms with van der Waals surface area (Å²) >= 11 is 0. The predicted octanol–water partition coefficient (Wildman–Crippen LogP) is 2.93. The largest absolute Gasteiger partial charge is 0.491 e. The maximum absolute atomic E-state index is 5.87. The second-order valence-electron chi connectivity index (χ2n) is 6.83. The van der Waals surface area contributed by atoms with Crippen LogP contribution < -0.4 is 10.1 Å². The third kappa shape index (κ3) is 5.79. The van der Waals surface area contributed by atoms with E-state index in [2.05, 4.69) is 51.6 Å². The van der Waals surface area contributed by atoms with Gasteiger partial charge in [-0.2, -0.15) is 0 Å². The van der Waals surface area contributed by atoms with E-state index in [1.807, 2.05) is 37.6 Å². The molecule has 0 aliphatic carbocycles. The lowest BCUT2D eigenvalue weighted by Crippen LogP contribution is -2.41. The highest BCUT2D eigenvalue weighted by atomic mass is 16.5. The van der Waals surface area contributed by atoms with Crippen LogP contribution in [0.2, 0.25) is 0 Å². The van der Waals surface area contributed by atoms with Gasteiger partial charge < -0.3 is 19.5 Å². The normalized spacial score (nSPS) is 11.7. The molecule has 2 rings (SSSR count). The van der Waals surface area contributed by atoms with Crippen molar-refractivity contribution in [2.45, 2.75) is 33.9 Å². The van der Waals surface area contributed by atoms with Crippen LogP contribution in [0.4, 0.5) is 0 Å². The molecule has 0 saturated heterocycles. The van der Waals surface area contributed by atoms with Crippen LogP contribution in [-0.2, 0) is 13.1 Å². The number of ether oxygens (including phenoxy) is 1. The van der Waals surface area contributed by atoms with E-state index >= 15 is 0 Å². The van der Waals surface area contributed by atoms with Gasteiger partial charge in [0.2, 0.25) is 0 Å². The molecule has 6 nitrogen and oxygen atoms in total. The number of benzene rings is 1. The van der Waals surface area contributed by atoms with Crippen LogP contribution in [0.5, 0.6) is 5.75 Å². The maximum Gasteiger partial charge on any atom is 0.193 e. The van der Waals surface area contributed by atoms with Crippen molar-refractivity contribution in [3.05, 3.63) is 48.0 Å². The zero-order valence-electron chi connectivity index (χ0n) is 16.6. The number of aryl methyl sites for hydroxylation is 1. The van der Waals surface area contributed by atoms with Crippen molar-refractivity contribution < 1.29 is 4.74 Å². The molecule has 0 atom stereocenters. The van der Waals surface area contributed by atoms with E-state index in [0.29, 0.717) is 19.1 Å². The Kier molecular flexibility index (Phi) is 7.51. The van der Waals surface area contributed by atoms with Gasteiger partial charge in [0.05, 0.1) is 13.1 Å². The van der Waals surface area contributed by atoms with Gasteiger partial charge in [0.1, 0.15) is 18.2 Å². The van der Waals surface area contributed by atoms with E-state index in [1.165, 1.54) is 0 Å². The Balaban J connectivity index is 1.82. The average Bonchev–Trinajstić information content (AvgIpc) is 3.03. The number of aliphatic imine (C=N–C) groups is 1. The standard InChI is InChI=1S/C20H31N5O/c1-16(2)15-25-11-10-22-19(25)14-23-20(21-4)24(5)12-13-26-18-9-7-6-8-17(18)3/h6-11,16H,12-15H2,1-5H3,(H,21,23). The first-order chi connectivity index (χ1) is 12.5. The van der Waals surface area contributed by atoms with Gasteiger partial charge in [-0.15, -0.1) is 0 Å². The molecule has 2 aromatic rings. The zero-order chi connectivity index (χ0) is 18.9.